The van der Waals surface area contributed by atoms with Gasteiger partial charge < -0.3 is 4.74 Å². The lowest BCUT2D eigenvalue weighted by Gasteiger charge is -2.08. The van der Waals surface area contributed by atoms with Crippen LogP contribution in [0.3, 0.4) is 0 Å². The molecule has 110 valence electrons. The summed E-state index contributed by atoms with van der Waals surface area (Å²) in [4.78, 5) is 24.4. The Morgan fingerprint density at radius 3 is 2.32 bits per heavy atom. The van der Waals surface area contributed by atoms with Crippen molar-refractivity contribution in [1.82, 2.24) is 5.01 Å². The highest BCUT2D eigenvalue weighted by Gasteiger charge is 2.35. The molecule has 5 nitrogen and oxygen atoms in total. The minimum absolute atomic E-state index is 0.367. The molecule has 6 heteroatoms. The van der Waals surface area contributed by atoms with Crippen molar-refractivity contribution in [2.24, 2.45) is 5.10 Å². The summed E-state index contributed by atoms with van der Waals surface area (Å²) in [5.41, 5.74) is 1.39. The molecule has 0 fully saturated rings. The lowest BCUT2D eigenvalue weighted by atomic mass is 10.1. The first-order valence-corrected chi connectivity index (χ1v) is 7.26. The summed E-state index contributed by atoms with van der Waals surface area (Å²) >= 11 is 3.36. The third kappa shape index (κ3) is 2.42. The van der Waals surface area contributed by atoms with E-state index in [-0.39, 0.29) is 0 Å². The highest BCUT2D eigenvalue weighted by molar-refractivity contribution is 9.10. The summed E-state index contributed by atoms with van der Waals surface area (Å²) in [5, 5.41) is 4.89. The molecule has 2 aromatic rings. The molecule has 0 bridgehead atoms. The summed E-state index contributed by atoms with van der Waals surface area (Å²) in [7, 11) is 1.54. The number of fused-ring (bicyclic) bond motifs is 1. The van der Waals surface area contributed by atoms with Crippen LogP contribution in [-0.2, 0) is 0 Å². The van der Waals surface area contributed by atoms with E-state index in [1.54, 1.807) is 43.5 Å². The van der Waals surface area contributed by atoms with Gasteiger partial charge in [0.1, 0.15) is 5.75 Å². The largest absolute Gasteiger partial charge is 0.496 e. The third-order valence-corrected chi connectivity index (χ3v) is 3.77. The van der Waals surface area contributed by atoms with Crippen molar-refractivity contribution in [1.29, 1.82) is 0 Å². The zero-order chi connectivity index (χ0) is 15.7. The van der Waals surface area contributed by atoms with Crippen LogP contribution >= 0.6 is 15.9 Å². The smallest absolute Gasteiger partial charge is 0.282 e. The summed E-state index contributed by atoms with van der Waals surface area (Å²) in [5.74, 6) is -0.250. The van der Waals surface area contributed by atoms with E-state index in [4.69, 9.17) is 4.74 Å². The maximum atomic E-state index is 12.2. The predicted octanol–water partition coefficient (Wildman–Crippen LogP) is 3.09. The van der Waals surface area contributed by atoms with Crippen molar-refractivity contribution in [2.75, 3.05) is 7.11 Å². The fraction of sp³-hybridized carbons (Fsp3) is 0.0625. The molecule has 2 amide bonds. The topological polar surface area (TPSA) is 59.0 Å². The van der Waals surface area contributed by atoms with Crippen LogP contribution < -0.4 is 4.74 Å². The van der Waals surface area contributed by atoms with Gasteiger partial charge >= 0.3 is 0 Å². The van der Waals surface area contributed by atoms with Crippen molar-refractivity contribution in [3.8, 4) is 5.75 Å². The van der Waals surface area contributed by atoms with E-state index in [0.29, 0.717) is 22.4 Å². The number of nitrogens with zero attached hydrogens (tertiary/aromatic N) is 2. The summed E-state index contributed by atoms with van der Waals surface area (Å²) < 4.78 is 6.08. The maximum absolute atomic E-state index is 12.2. The van der Waals surface area contributed by atoms with Gasteiger partial charge in [0, 0.05) is 10.0 Å². The van der Waals surface area contributed by atoms with Gasteiger partial charge in [0.25, 0.3) is 11.8 Å². The number of imide groups is 1. The van der Waals surface area contributed by atoms with Gasteiger partial charge in [-0.25, -0.2) is 0 Å². The first-order valence-electron chi connectivity index (χ1n) is 6.47. The Kier molecular flexibility index (Phi) is 3.77. The number of amides is 2. The van der Waals surface area contributed by atoms with E-state index in [0.717, 1.165) is 9.48 Å². The molecule has 3 rings (SSSR count). The Balaban J connectivity index is 1.93. The zero-order valence-electron chi connectivity index (χ0n) is 11.6. The minimum Gasteiger partial charge on any atom is -0.496 e. The molecule has 0 atom stereocenters. The van der Waals surface area contributed by atoms with Crippen LogP contribution in [0, 0.1) is 0 Å². The standard InChI is InChI=1S/C16H11BrN2O3/c1-22-14-7-6-11(17)8-10(14)9-18-19-15(20)12-4-2-3-5-13(12)16(19)21/h2-9H,1H3/b18-9-. The number of hydrazone groups is 1. The fourth-order valence-corrected chi connectivity index (χ4v) is 2.59. The van der Waals surface area contributed by atoms with Crippen LogP contribution in [0.25, 0.3) is 0 Å². The first-order chi connectivity index (χ1) is 10.6. The Morgan fingerprint density at radius 2 is 1.73 bits per heavy atom. The van der Waals surface area contributed by atoms with Crippen molar-refractivity contribution < 1.29 is 14.3 Å². The molecule has 0 unspecified atom stereocenters. The number of rotatable bonds is 3. The number of carbonyl (C=O) groups excluding carboxylic acids is 2. The van der Waals surface area contributed by atoms with Gasteiger partial charge in [-0.1, -0.05) is 28.1 Å². The normalized spacial score (nSPS) is 13.8. The van der Waals surface area contributed by atoms with E-state index < -0.39 is 11.8 Å². The number of benzene rings is 2. The Bertz CT molecular complexity index is 767. The molecule has 0 saturated carbocycles. The number of carbonyl (C=O) groups is 2. The molecule has 0 aliphatic carbocycles. The molecule has 0 aromatic heterocycles. The van der Waals surface area contributed by atoms with Crippen molar-refractivity contribution in [3.05, 3.63) is 63.6 Å². The zero-order valence-corrected chi connectivity index (χ0v) is 13.2. The van der Waals surface area contributed by atoms with E-state index >= 15 is 0 Å². The summed E-state index contributed by atoms with van der Waals surface area (Å²) in [6.45, 7) is 0. The summed E-state index contributed by atoms with van der Waals surface area (Å²) in [6, 6.07) is 12.1. The van der Waals surface area contributed by atoms with Gasteiger partial charge in [0.05, 0.1) is 24.5 Å². The Labute approximate surface area is 135 Å². The lowest BCUT2D eigenvalue weighted by molar-refractivity contribution is 0.0660. The second-order valence-electron chi connectivity index (χ2n) is 4.60. The van der Waals surface area contributed by atoms with E-state index in [1.807, 2.05) is 6.07 Å². The van der Waals surface area contributed by atoms with Gasteiger partial charge in [-0.2, -0.15) is 10.1 Å². The molecule has 1 aliphatic rings. The van der Waals surface area contributed by atoms with Crippen LogP contribution in [0.15, 0.2) is 52.0 Å². The number of halogens is 1. The second-order valence-corrected chi connectivity index (χ2v) is 5.51. The molecule has 0 radical (unpaired) electrons. The molecule has 0 saturated heterocycles. The molecular weight excluding hydrogens is 348 g/mol. The maximum Gasteiger partial charge on any atom is 0.282 e. The molecular formula is C16H11BrN2O3. The first kappa shape index (κ1) is 14.5. The second kappa shape index (κ2) is 5.73. The molecule has 1 heterocycles. The van der Waals surface area contributed by atoms with Crippen LogP contribution in [-0.4, -0.2) is 30.1 Å². The van der Waals surface area contributed by atoms with Gasteiger partial charge in [0.15, 0.2) is 0 Å². The van der Waals surface area contributed by atoms with E-state index in [2.05, 4.69) is 21.0 Å². The molecule has 0 N–H and O–H groups in total. The number of methoxy groups -OCH3 is 1. The van der Waals surface area contributed by atoms with Crippen LogP contribution in [0.5, 0.6) is 5.75 Å². The average Bonchev–Trinajstić information content (AvgIpc) is 2.77. The number of hydrogen-bond donors (Lipinski definition) is 0. The quantitative estimate of drug-likeness (QED) is 0.625. The van der Waals surface area contributed by atoms with Crippen LogP contribution in [0.2, 0.25) is 0 Å². The molecule has 22 heavy (non-hydrogen) atoms. The van der Waals surface area contributed by atoms with Gasteiger partial charge in [-0.15, -0.1) is 0 Å². The number of ether oxygens (including phenoxy) is 1. The van der Waals surface area contributed by atoms with Crippen LogP contribution in [0.1, 0.15) is 26.3 Å². The average molecular weight is 359 g/mol. The SMILES string of the molecule is COc1ccc(Br)cc1/C=N\N1C(=O)c2ccccc2C1=O. The molecule has 1 aliphatic heterocycles. The van der Waals surface area contributed by atoms with Gasteiger partial charge in [-0.3, -0.25) is 9.59 Å². The highest BCUT2D eigenvalue weighted by Crippen LogP contribution is 2.24. The third-order valence-electron chi connectivity index (χ3n) is 3.28. The molecule has 0 spiro atoms. The monoisotopic (exact) mass is 358 g/mol. The molecule has 2 aromatic carbocycles. The van der Waals surface area contributed by atoms with Gasteiger partial charge in [-0.05, 0) is 30.3 Å². The predicted molar refractivity (Wildman–Crippen MR) is 85.2 cm³/mol. The Hall–Kier alpha value is -2.47. The van der Waals surface area contributed by atoms with Crippen molar-refractivity contribution >= 4 is 34.0 Å². The lowest BCUT2D eigenvalue weighted by Crippen LogP contribution is -2.24. The Morgan fingerprint density at radius 1 is 1.09 bits per heavy atom. The number of hydrogen-bond acceptors (Lipinski definition) is 4. The van der Waals surface area contributed by atoms with E-state index in [1.165, 1.54) is 6.21 Å². The fourth-order valence-electron chi connectivity index (χ4n) is 2.21. The van der Waals surface area contributed by atoms with Gasteiger partial charge in [0.2, 0.25) is 0 Å². The van der Waals surface area contributed by atoms with Crippen molar-refractivity contribution in [2.45, 2.75) is 0 Å². The minimum atomic E-state index is -0.425. The highest BCUT2D eigenvalue weighted by atomic mass is 79.9. The summed E-state index contributed by atoms with van der Waals surface area (Å²) in [6.07, 6.45) is 1.44. The van der Waals surface area contributed by atoms with E-state index in [9.17, 15) is 9.59 Å². The van der Waals surface area contributed by atoms with Crippen molar-refractivity contribution in [3.63, 3.8) is 0 Å². The van der Waals surface area contributed by atoms with Crippen LogP contribution in [0.4, 0.5) is 0 Å².